The molecule has 2 aliphatic rings. The van der Waals surface area contributed by atoms with Crippen LogP contribution in [0.3, 0.4) is 0 Å². The Bertz CT molecular complexity index is 525. The molecule has 1 unspecified atom stereocenters. The highest BCUT2D eigenvalue weighted by Crippen LogP contribution is 2.40. The van der Waals surface area contributed by atoms with E-state index < -0.39 is 5.97 Å². The molecule has 0 saturated heterocycles. The van der Waals surface area contributed by atoms with Crippen molar-refractivity contribution in [3.8, 4) is 0 Å². The minimum atomic E-state index is -0.814. The first kappa shape index (κ1) is 14.8. The zero-order valence-corrected chi connectivity index (χ0v) is 13.3. The second-order valence-electron chi connectivity index (χ2n) is 6.15. The fraction of sp³-hybridized carbons (Fsp3) is 0.786. The minimum Gasteiger partial charge on any atom is -0.481 e. The molecule has 3 rings (SSSR count). The second-order valence-corrected chi connectivity index (χ2v) is 7.10. The number of thioether (sulfide) groups is 1. The molecule has 1 atom stereocenters. The molecule has 2 aliphatic carbocycles. The molecule has 1 aromatic rings. The second kappa shape index (κ2) is 5.96. The maximum absolute atomic E-state index is 10.8. The molecule has 0 radical (unpaired) electrons. The first-order valence-corrected chi connectivity index (χ1v) is 8.54. The van der Waals surface area contributed by atoms with Crippen LogP contribution >= 0.6 is 11.8 Å². The number of nitrogens with zero attached hydrogens (tertiary/aromatic N) is 4. The van der Waals surface area contributed by atoms with E-state index in [0.29, 0.717) is 12.0 Å². The summed E-state index contributed by atoms with van der Waals surface area (Å²) >= 11 is 1.27. The number of rotatable bonds is 8. The lowest BCUT2D eigenvalue weighted by atomic mass is 10.2. The zero-order valence-electron chi connectivity index (χ0n) is 12.5. The van der Waals surface area contributed by atoms with Crippen LogP contribution in [0.15, 0.2) is 5.16 Å². The van der Waals surface area contributed by atoms with Gasteiger partial charge in [-0.25, -0.2) is 0 Å². The average molecular weight is 310 g/mol. The van der Waals surface area contributed by atoms with Gasteiger partial charge in [0, 0.05) is 24.5 Å². The molecule has 0 amide bonds. The number of likely N-dealkylation sites (N-methyl/N-ethyl adjacent to an activating group) is 1. The highest BCUT2D eigenvalue weighted by atomic mass is 32.2. The third kappa shape index (κ3) is 3.58. The molecule has 1 N–H and O–H groups in total. The Kier molecular flexibility index (Phi) is 4.21. The van der Waals surface area contributed by atoms with E-state index in [1.807, 2.05) is 0 Å². The van der Waals surface area contributed by atoms with Crippen molar-refractivity contribution in [1.82, 2.24) is 19.7 Å². The summed E-state index contributed by atoms with van der Waals surface area (Å²) < 4.78 is 2.15. The maximum atomic E-state index is 10.8. The van der Waals surface area contributed by atoms with E-state index in [1.165, 1.54) is 37.4 Å². The van der Waals surface area contributed by atoms with Gasteiger partial charge in [-0.05, 0) is 39.7 Å². The summed E-state index contributed by atoms with van der Waals surface area (Å²) in [5.41, 5.74) is 0. The highest BCUT2D eigenvalue weighted by Gasteiger charge is 2.33. The Balaban J connectivity index is 1.73. The molecular weight excluding hydrogens is 288 g/mol. The van der Waals surface area contributed by atoms with E-state index in [4.69, 9.17) is 5.11 Å². The number of aromatic nitrogens is 3. The van der Waals surface area contributed by atoms with Gasteiger partial charge < -0.3 is 9.67 Å². The number of carboxylic acids is 1. The van der Waals surface area contributed by atoms with Crippen molar-refractivity contribution in [2.75, 3.05) is 12.8 Å². The molecule has 7 heteroatoms. The van der Waals surface area contributed by atoms with Crippen LogP contribution in [0, 0.1) is 0 Å². The summed E-state index contributed by atoms with van der Waals surface area (Å²) in [7, 11) is 2.17. The quantitative estimate of drug-likeness (QED) is 0.739. The normalized spacial score (nSPS) is 20.0. The Morgan fingerprint density at radius 1 is 1.43 bits per heavy atom. The molecule has 0 aliphatic heterocycles. The van der Waals surface area contributed by atoms with Gasteiger partial charge in [0.05, 0.1) is 5.75 Å². The molecule has 0 bridgehead atoms. The van der Waals surface area contributed by atoms with Crippen LogP contribution in [0.2, 0.25) is 0 Å². The van der Waals surface area contributed by atoms with Crippen molar-refractivity contribution in [2.24, 2.45) is 0 Å². The van der Waals surface area contributed by atoms with Gasteiger partial charge in [0.1, 0.15) is 5.82 Å². The van der Waals surface area contributed by atoms with Crippen molar-refractivity contribution in [2.45, 2.75) is 62.3 Å². The number of carbonyl (C=O) groups is 1. The SMILES string of the molecule is CC(Cn1c(SCC(=O)O)nnc1C1CC1)N(C)C1CC1. The summed E-state index contributed by atoms with van der Waals surface area (Å²) in [4.78, 5) is 13.2. The smallest absolute Gasteiger partial charge is 0.313 e. The number of aliphatic carboxylic acids is 1. The van der Waals surface area contributed by atoms with Crippen LogP contribution in [0.4, 0.5) is 0 Å². The molecular formula is C14H22N4O2S. The fourth-order valence-corrected chi connectivity index (χ4v) is 3.26. The van der Waals surface area contributed by atoms with Crippen LogP contribution < -0.4 is 0 Å². The van der Waals surface area contributed by atoms with E-state index >= 15 is 0 Å². The van der Waals surface area contributed by atoms with E-state index in [9.17, 15) is 4.79 Å². The topological polar surface area (TPSA) is 71.2 Å². The van der Waals surface area contributed by atoms with Crippen molar-refractivity contribution in [3.05, 3.63) is 5.82 Å². The number of carboxylic acid groups (broad SMARTS) is 1. The Labute approximate surface area is 128 Å². The fourth-order valence-electron chi connectivity index (χ4n) is 2.58. The lowest BCUT2D eigenvalue weighted by Gasteiger charge is -2.25. The Hall–Kier alpha value is -1.08. The Morgan fingerprint density at radius 3 is 2.71 bits per heavy atom. The summed E-state index contributed by atoms with van der Waals surface area (Å²) in [5, 5.41) is 18.1. The number of hydrogen-bond acceptors (Lipinski definition) is 5. The molecule has 1 heterocycles. The van der Waals surface area contributed by atoms with Crippen LogP contribution in [-0.2, 0) is 11.3 Å². The van der Waals surface area contributed by atoms with E-state index in [2.05, 4.69) is 33.6 Å². The zero-order chi connectivity index (χ0) is 15.0. The molecule has 6 nitrogen and oxygen atoms in total. The molecule has 0 spiro atoms. The van der Waals surface area contributed by atoms with Gasteiger partial charge in [-0.2, -0.15) is 0 Å². The molecule has 2 saturated carbocycles. The first-order chi connectivity index (χ1) is 10.1. The maximum Gasteiger partial charge on any atom is 0.313 e. The Morgan fingerprint density at radius 2 is 2.14 bits per heavy atom. The van der Waals surface area contributed by atoms with Crippen LogP contribution in [-0.4, -0.2) is 55.6 Å². The molecule has 116 valence electrons. The summed E-state index contributed by atoms with van der Waals surface area (Å²) in [6.07, 6.45) is 4.93. The third-order valence-electron chi connectivity index (χ3n) is 4.28. The summed E-state index contributed by atoms with van der Waals surface area (Å²) in [6.45, 7) is 3.06. The van der Waals surface area contributed by atoms with E-state index in [0.717, 1.165) is 23.6 Å². The average Bonchev–Trinajstić information content (AvgIpc) is 3.34. The predicted octanol–water partition coefficient (Wildman–Crippen LogP) is 1.81. The van der Waals surface area contributed by atoms with Gasteiger partial charge in [-0.1, -0.05) is 11.8 Å². The minimum absolute atomic E-state index is 0.0373. The molecule has 2 fully saturated rings. The van der Waals surface area contributed by atoms with E-state index in [-0.39, 0.29) is 5.75 Å². The van der Waals surface area contributed by atoms with Gasteiger partial charge in [0.2, 0.25) is 0 Å². The van der Waals surface area contributed by atoms with E-state index in [1.54, 1.807) is 0 Å². The van der Waals surface area contributed by atoms with Crippen molar-refractivity contribution in [1.29, 1.82) is 0 Å². The lowest BCUT2D eigenvalue weighted by molar-refractivity contribution is -0.133. The van der Waals surface area contributed by atoms with Gasteiger partial charge in [0.15, 0.2) is 5.16 Å². The standard InChI is InChI=1S/C14H22N4O2S/c1-9(17(2)11-5-6-11)7-18-13(10-3-4-10)15-16-14(18)21-8-12(19)20/h9-11H,3-8H2,1-2H3,(H,19,20). The third-order valence-corrected chi connectivity index (χ3v) is 5.23. The summed E-state index contributed by atoms with van der Waals surface area (Å²) in [6, 6.07) is 1.13. The van der Waals surface area contributed by atoms with Crippen molar-refractivity contribution in [3.63, 3.8) is 0 Å². The molecule has 21 heavy (non-hydrogen) atoms. The predicted molar refractivity (Wildman–Crippen MR) is 80.6 cm³/mol. The highest BCUT2D eigenvalue weighted by molar-refractivity contribution is 7.99. The molecule has 1 aromatic heterocycles. The van der Waals surface area contributed by atoms with Gasteiger partial charge in [-0.15, -0.1) is 10.2 Å². The van der Waals surface area contributed by atoms with Crippen molar-refractivity contribution >= 4 is 17.7 Å². The van der Waals surface area contributed by atoms with Crippen LogP contribution in [0.1, 0.15) is 44.3 Å². The first-order valence-electron chi connectivity index (χ1n) is 7.56. The van der Waals surface area contributed by atoms with Crippen molar-refractivity contribution < 1.29 is 9.90 Å². The summed E-state index contributed by atoms with van der Waals surface area (Å²) in [5.74, 6) is 0.787. The largest absolute Gasteiger partial charge is 0.481 e. The van der Waals surface area contributed by atoms with Crippen LogP contribution in [0.25, 0.3) is 0 Å². The lowest BCUT2D eigenvalue weighted by Crippen LogP contribution is -2.35. The van der Waals surface area contributed by atoms with Crippen LogP contribution in [0.5, 0.6) is 0 Å². The van der Waals surface area contributed by atoms with Gasteiger partial charge in [-0.3, -0.25) is 9.69 Å². The molecule has 0 aromatic carbocycles. The number of hydrogen-bond donors (Lipinski definition) is 1. The monoisotopic (exact) mass is 310 g/mol. The van der Waals surface area contributed by atoms with Gasteiger partial charge >= 0.3 is 5.97 Å². The van der Waals surface area contributed by atoms with Gasteiger partial charge in [0.25, 0.3) is 0 Å².